The maximum atomic E-state index is 11.6. The Bertz CT molecular complexity index is 514. The highest BCUT2D eigenvalue weighted by molar-refractivity contribution is 5.75. The molecule has 0 unspecified atom stereocenters. The van der Waals surface area contributed by atoms with E-state index in [1.54, 1.807) is 4.90 Å². The van der Waals surface area contributed by atoms with E-state index in [1.807, 2.05) is 18.2 Å². The van der Waals surface area contributed by atoms with Crippen molar-refractivity contribution in [3.63, 3.8) is 0 Å². The van der Waals surface area contributed by atoms with Gasteiger partial charge in [0, 0.05) is 20.0 Å². The second-order valence-electron chi connectivity index (χ2n) is 4.45. The number of hydrogen-bond acceptors (Lipinski definition) is 5. The van der Waals surface area contributed by atoms with Crippen LogP contribution in [0.15, 0.2) is 18.2 Å². The van der Waals surface area contributed by atoms with Gasteiger partial charge in [-0.25, -0.2) is 0 Å². The lowest BCUT2D eigenvalue weighted by molar-refractivity contribution is -0.141. The number of rotatable bonds is 5. The first-order valence-electron chi connectivity index (χ1n) is 6.31. The minimum absolute atomic E-state index is 0.0911. The second kappa shape index (κ2) is 6.27. The fraction of sp³-hybridized carbons (Fsp3) is 0.429. The Hall–Kier alpha value is -2.24. The van der Waals surface area contributed by atoms with Crippen molar-refractivity contribution in [1.29, 1.82) is 0 Å². The van der Waals surface area contributed by atoms with Gasteiger partial charge in [-0.15, -0.1) is 0 Å². The number of nitrogens with zero attached hydrogens (tertiary/aromatic N) is 1. The number of carbonyl (C=O) groups is 2. The first kappa shape index (κ1) is 14.2. The molecule has 0 aliphatic carbocycles. The molecule has 0 aromatic heterocycles. The van der Waals surface area contributed by atoms with Gasteiger partial charge in [0.1, 0.15) is 0 Å². The average Bonchev–Trinajstić information content (AvgIpc) is 2.90. The molecule has 1 aromatic carbocycles. The van der Waals surface area contributed by atoms with Gasteiger partial charge < -0.3 is 19.1 Å². The molecule has 1 aliphatic heterocycles. The molecule has 2 rings (SSSR count). The quantitative estimate of drug-likeness (QED) is 0.761. The molecule has 1 amide bonds. The minimum Gasteiger partial charge on any atom is -0.469 e. The van der Waals surface area contributed by atoms with E-state index in [-0.39, 0.29) is 25.1 Å². The first-order chi connectivity index (χ1) is 9.60. The van der Waals surface area contributed by atoms with Crippen LogP contribution < -0.4 is 9.47 Å². The number of carbonyl (C=O) groups excluding carboxylic acids is 2. The van der Waals surface area contributed by atoms with Gasteiger partial charge in [0.05, 0.1) is 13.5 Å². The monoisotopic (exact) mass is 279 g/mol. The fourth-order valence-electron chi connectivity index (χ4n) is 1.94. The van der Waals surface area contributed by atoms with E-state index < -0.39 is 0 Å². The van der Waals surface area contributed by atoms with E-state index in [0.29, 0.717) is 24.6 Å². The summed E-state index contributed by atoms with van der Waals surface area (Å²) in [6.45, 7) is 2.45. The Morgan fingerprint density at radius 1 is 1.30 bits per heavy atom. The van der Waals surface area contributed by atoms with Crippen LogP contribution in [0.25, 0.3) is 0 Å². The molecule has 0 N–H and O–H groups in total. The summed E-state index contributed by atoms with van der Waals surface area (Å²) in [6, 6.07) is 5.54. The summed E-state index contributed by atoms with van der Waals surface area (Å²) >= 11 is 0. The predicted octanol–water partition coefficient (Wildman–Crippen LogP) is 1.33. The molecule has 1 aromatic rings. The lowest BCUT2D eigenvalue weighted by atomic mass is 10.2. The van der Waals surface area contributed by atoms with Gasteiger partial charge in [0.15, 0.2) is 11.5 Å². The van der Waals surface area contributed by atoms with Crippen LogP contribution in [0.4, 0.5) is 0 Å². The Morgan fingerprint density at radius 3 is 2.75 bits per heavy atom. The fourth-order valence-corrected chi connectivity index (χ4v) is 1.94. The molecule has 0 atom stereocenters. The largest absolute Gasteiger partial charge is 0.469 e. The summed E-state index contributed by atoms with van der Waals surface area (Å²) < 4.78 is 15.1. The molecule has 6 heteroatoms. The van der Waals surface area contributed by atoms with Crippen molar-refractivity contribution < 1.29 is 23.8 Å². The van der Waals surface area contributed by atoms with Gasteiger partial charge in [-0.3, -0.25) is 9.59 Å². The summed E-state index contributed by atoms with van der Waals surface area (Å²) in [5.41, 5.74) is 0.925. The van der Waals surface area contributed by atoms with Crippen LogP contribution in [-0.2, 0) is 20.9 Å². The van der Waals surface area contributed by atoms with Crippen molar-refractivity contribution in [2.75, 3.05) is 20.4 Å². The molecule has 0 spiro atoms. The molecule has 1 heterocycles. The number of hydrogen-bond donors (Lipinski definition) is 0. The summed E-state index contributed by atoms with van der Waals surface area (Å²) in [4.78, 5) is 24.3. The third-order valence-electron chi connectivity index (χ3n) is 3.07. The van der Waals surface area contributed by atoms with E-state index in [4.69, 9.17) is 9.47 Å². The van der Waals surface area contributed by atoms with Crippen molar-refractivity contribution in [2.45, 2.75) is 19.9 Å². The molecule has 6 nitrogen and oxygen atoms in total. The van der Waals surface area contributed by atoms with Crippen molar-refractivity contribution in [1.82, 2.24) is 4.90 Å². The molecule has 0 saturated carbocycles. The van der Waals surface area contributed by atoms with E-state index in [1.165, 1.54) is 14.0 Å². The standard InChI is InChI=1S/C14H17NO5/c1-10(16)15(6-5-14(17)18-2)8-11-3-4-12-13(7-11)20-9-19-12/h3-4,7H,5-6,8-9H2,1-2H3. The zero-order valence-corrected chi connectivity index (χ0v) is 11.5. The maximum Gasteiger partial charge on any atom is 0.307 e. The normalized spacial score (nSPS) is 12.1. The topological polar surface area (TPSA) is 65.1 Å². The van der Waals surface area contributed by atoms with Crippen molar-refractivity contribution in [3.8, 4) is 11.5 Å². The number of fused-ring (bicyclic) bond motifs is 1. The van der Waals surface area contributed by atoms with E-state index in [0.717, 1.165) is 5.56 Å². The maximum absolute atomic E-state index is 11.6. The molecule has 1 aliphatic rings. The Kier molecular flexibility index (Phi) is 4.45. The third kappa shape index (κ3) is 3.40. The summed E-state index contributed by atoms with van der Waals surface area (Å²) in [7, 11) is 1.33. The van der Waals surface area contributed by atoms with Crippen molar-refractivity contribution in [2.24, 2.45) is 0 Å². The number of methoxy groups -OCH3 is 1. The van der Waals surface area contributed by atoms with Gasteiger partial charge >= 0.3 is 5.97 Å². The molecular formula is C14H17NO5. The number of amides is 1. The van der Waals surface area contributed by atoms with Crippen LogP contribution in [0.2, 0.25) is 0 Å². The highest BCUT2D eigenvalue weighted by atomic mass is 16.7. The van der Waals surface area contributed by atoms with Crippen LogP contribution >= 0.6 is 0 Å². The summed E-state index contributed by atoms with van der Waals surface area (Å²) in [5, 5.41) is 0. The predicted molar refractivity (Wildman–Crippen MR) is 70.3 cm³/mol. The molecule has 20 heavy (non-hydrogen) atoms. The highest BCUT2D eigenvalue weighted by Gasteiger charge is 2.16. The van der Waals surface area contributed by atoms with Crippen LogP contribution in [0.5, 0.6) is 11.5 Å². The van der Waals surface area contributed by atoms with Crippen molar-refractivity contribution in [3.05, 3.63) is 23.8 Å². The molecule has 108 valence electrons. The van der Waals surface area contributed by atoms with Gasteiger partial charge in [-0.1, -0.05) is 6.07 Å². The molecular weight excluding hydrogens is 262 g/mol. The third-order valence-corrected chi connectivity index (χ3v) is 3.07. The molecule has 0 saturated heterocycles. The highest BCUT2D eigenvalue weighted by Crippen LogP contribution is 2.32. The SMILES string of the molecule is COC(=O)CCN(Cc1ccc2c(c1)OCO2)C(C)=O. The summed E-state index contributed by atoms with van der Waals surface area (Å²) in [5.74, 6) is 0.963. The van der Waals surface area contributed by atoms with Crippen LogP contribution in [0.1, 0.15) is 18.9 Å². The van der Waals surface area contributed by atoms with Gasteiger partial charge in [0.2, 0.25) is 12.7 Å². The van der Waals surface area contributed by atoms with Crippen LogP contribution in [0, 0.1) is 0 Å². The summed E-state index contributed by atoms with van der Waals surface area (Å²) in [6.07, 6.45) is 0.181. The average molecular weight is 279 g/mol. The zero-order chi connectivity index (χ0) is 14.5. The molecule has 0 fully saturated rings. The van der Waals surface area contributed by atoms with Crippen LogP contribution in [-0.4, -0.2) is 37.2 Å². The Balaban J connectivity index is 2.00. The first-order valence-corrected chi connectivity index (χ1v) is 6.31. The van der Waals surface area contributed by atoms with E-state index >= 15 is 0 Å². The van der Waals surface area contributed by atoms with Gasteiger partial charge in [0.25, 0.3) is 0 Å². The smallest absolute Gasteiger partial charge is 0.307 e. The second-order valence-corrected chi connectivity index (χ2v) is 4.45. The lowest BCUT2D eigenvalue weighted by Gasteiger charge is -2.20. The van der Waals surface area contributed by atoms with E-state index in [2.05, 4.69) is 4.74 Å². The zero-order valence-electron chi connectivity index (χ0n) is 11.5. The van der Waals surface area contributed by atoms with Gasteiger partial charge in [-0.2, -0.15) is 0 Å². The Morgan fingerprint density at radius 2 is 2.05 bits per heavy atom. The van der Waals surface area contributed by atoms with Crippen molar-refractivity contribution >= 4 is 11.9 Å². The number of benzene rings is 1. The molecule has 0 radical (unpaired) electrons. The Labute approximate surface area is 117 Å². The van der Waals surface area contributed by atoms with Gasteiger partial charge in [-0.05, 0) is 17.7 Å². The number of esters is 1. The minimum atomic E-state index is -0.332. The van der Waals surface area contributed by atoms with E-state index in [9.17, 15) is 9.59 Å². The van der Waals surface area contributed by atoms with Crippen LogP contribution in [0.3, 0.4) is 0 Å². The molecule has 0 bridgehead atoms. The number of ether oxygens (including phenoxy) is 3. The lowest BCUT2D eigenvalue weighted by Crippen LogP contribution is -2.30.